The zero-order valence-electron chi connectivity index (χ0n) is 17.0. The number of hydrogen-bond donors (Lipinski definition) is 0. The van der Waals surface area contributed by atoms with Crippen molar-refractivity contribution < 1.29 is 9.59 Å². The monoisotopic (exact) mass is 410 g/mol. The second kappa shape index (κ2) is 9.57. The lowest BCUT2D eigenvalue weighted by molar-refractivity contribution is -0.144. The molecule has 4 rings (SSSR count). The van der Waals surface area contributed by atoms with Crippen molar-refractivity contribution in [2.75, 3.05) is 6.54 Å². The van der Waals surface area contributed by atoms with E-state index in [4.69, 9.17) is 0 Å². The summed E-state index contributed by atoms with van der Waals surface area (Å²) in [7, 11) is 0. The van der Waals surface area contributed by atoms with E-state index in [-0.39, 0.29) is 30.3 Å². The molecular formula is C24H30N2O2S. The lowest BCUT2D eigenvalue weighted by atomic mass is 9.88. The Balaban J connectivity index is 1.46. The number of nitrogens with zero attached hydrogens (tertiary/aromatic N) is 2. The highest BCUT2D eigenvalue weighted by atomic mass is 32.1. The van der Waals surface area contributed by atoms with E-state index >= 15 is 0 Å². The minimum absolute atomic E-state index is 0.0540. The Morgan fingerprint density at radius 3 is 2.31 bits per heavy atom. The number of benzene rings is 1. The molecule has 0 bridgehead atoms. The average molecular weight is 411 g/mol. The third-order valence-corrected chi connectivity index (χ3v) is 6.89. The highest BCUT2D eigenvalue weighted by Crippen LogP contribution is 2.32. The maximum atomic E-state index is 13.3. The van der Waals surface area contributed by atoms with Crippen LogP contribution < -0.4 is 0 Å². The van der Waals surface area contributed by atoms with Crippen molar-refractivity contribution in [3.63, 3.8) is 0 Å². The van der Waals surface area contributed by atoms with Gasteiger partial charge in [-0.3, -0.25) is 9.59 Å². The summed E-state index contributed by atoms with van der Waals surface area (Å²) < 4.78 is 0. The third-order valence-electron chi connectivity index (χ3n) is 6.03. The standard InChI is InChI=1S/C24H30N2O2S/c27-23(18-26(21-13-14-21)24(28)20-10-5-2-6-11-20)25(17-22-12-7-15-29-22)16-19-8-3-1-4-9-19/h1,3-4,7-9,12,15,20-21H,2,5-6,10-11,13-14,16-18H2. The average Bonchev–Trinajstić information content (AvgIpc) is 3.48. The summed E-state index contributed by atoms with van der Waals surface area (Å²) in [4.78, 5) is 31.5. The van der Waals surface area contributed by atoms with E-state index in [0.717, 1.165) is 44.1 Å². The van der Waals surface area contributed by atoms with Gasteiger partial charge in [-0.1, -0.05) is 55.7 Å². The number of carbonyl (C=O) groups is 2. The van der Waals surface area contributed by atoms with Crippen LogP contribution in [0.4, 0.5) is 0 Å². The number of thiophene rings is 1. The minimum Gasteiger partial charge on any atom is -0.332 e. The smallest absolute Gasteiger partial charge is 0.242 e. The summed E-state index contributed by atoms with van der Waals surface area (Å²) in [5, 5.41) is 2.05. The fourth-order valence-electron chi connectivity index (χ4n) is 4.23. The molecule has 0 unspecified atom stereocenters. The summed E-state index contributed by atoms with van der Waals surface area (Å²) in [6.07, 6.45) is 7.56. The van der Waals surface area contributed by atoms with Gasteiger partial charge in [0.1, 0.15) is 6.54 Å². The zero-order chi connectivity index (χ0) is 20.1. The van der Waals surface area contributed by atoms with E-state index in [1.54, 1.807) is 11.3 Å². The van der Waals surface area contributed by atoms with Crippen LogP contribution in [-0.4, -0.2) is 34.2 Å². The summed E-state index contributed by atoms with van der Waals surface area (Å²) in [5.41, 5.74) is 1.12. The molecular weight excluding hydrogens is 380 g/mol. The van der Waals surface area contributed by atoms with Crippen LogP contribution in [0, 0.1) is 5.92 Å². The van der Waals surface area contributed by atoms with Crippen LogP contribution in [0.3, 0.4) is 0 Å². The van der Waals surface area contributed by atoms with Gasteiger partial charge in [0.2, 0.25) is 11.8 Å². The second-order valence-electron chi connectivity index (χ2n) is 8.35. The third kappa shape index (κ3) is 5.47. The van der Waals surface area contributed by atoms with Gasteiger partial charge in [-0.25, -0.2) is 0 Å². The van der Waals surface area contributed by atoms with Crippen LogP contribution in [0.25, 0.3) is 0 Å². The van der Waals surface area contributed by atoms with Crippen molar-refractivity contribution >= 4 is 23.2 Å². The van der Waals surface area contributed by atoms with Crippen molar-refractivity contribution in [2.45, 2.75) is 64.1 Å². The molecule has 2 aromatic rings. The lowest BCUT2D eigenvalue weighted by Crippen LogP contribution is -2.46. The van der Waals surface area contributed by atoms with Crippen molar-refractivity contribution in [3.8, 4) is 0 Å². The Bertz CT molecular complexity index is 796. The van der Waals surface area contributed by atoms with Crippen LogP contribution in [0.2, 0.25) is 0 Å². The molecule has 0 saturated heterocycles. The Hall–Kier alpha value is -2.14. The molecule has 0 aliphatic heterocycles. The normalized spacial score (nSPS) is 17.1. The largest absolute Gasteiger partial charge is 0.332 e. The molecule has 2 saturated carbocycles. The second-order valence-corrected chi connectivity index (χ2v) is 9.38. The lowest BCUT2D eigenvalue weighted by Gasteiger charge is -2.31. The van der Waals surface area contributed by atoms with E-state index in [1.165, 1.54) is 11.3 Å². The van der Waals surface area contributed by atoms with Gasteiger partial charge in [0.25, 0.3) is 0 Å². The van der Waals surface area contributed by atoms with Crippen LogP contribution in [-0.2, 0) is 22.7 Å². The van der Waals surface area contributed by atoms with Crippen LogP contribution in [0.15, 0.2) is 47.8 Å². The number of carbonyl (C=O) groups excluding carboxylic acids is 2. The quantitative estimate of drug-likeness (QED) is 0.624. The molecule has 0 N–H and O–H groups in total. The molecule has 2 aliphatic rings. The Kier molecular flexibility index (Phi) is 6.65. The number of amides is 2. The van der Waals surface area contributed by atoms with Gasteiger partial charge in [-0.15, -0.1) is 11.3 Å². The van der Waals surface area contributed by atoms with Crippen molar-refractivity contribution in [1.82, 2.24) is 9.80 Å². The summed E-state index contributed by atoms with van der Waals surface area (Å²) >= 11 is 1.67. The topological polar surface area (TPSA) is 40.6 Å². The van der Waals surface area contributed by atoms with Gasteiger partial charge in [0, 0.05) is 23.4 Å². The Morgan fingerprint density at radius 1 is 0.897 bits per heavy atom. The highest BCUT2D eigenvalue weighted by Gasteiger charge is 2.37. The summed E-state index contributed by atoms with van der Waals surface area (Å²) in [6.45, 7) is 1.40. The Morgan fingerprint density at radius 2 is 1.66 bits per heavy atom. The molecule has 0 radical (unpaired) electrons. The van der Waals surface area contributed by atoms with E-state index in [2.05, 4.69) is 18.2 Å². The first kappa shape index (κ1) is 20.1. The van der Waals surface area contributed by atoms with Gasteiger partial charge in [-0.2, -0.15) is 0 Å². The molecule has 29 heavy (non-hydrogen) atoms. The fourth-order valence-corrected chi connectivity index (χ4v) is 4.95. The van der Waals surface area contributed by atoms with Gasteiger partial charge >= 0.3 is 0 Å². The Labute approximate surface area is 177 Å². The van der Waals surface area contributed by atoms with Gasteiger partial charge in [0.15, 0.2) is 0 Å². The van der Waals surface area contributed by atoms with Gasteiger partial charge in [0.05, 0.1) is 6.54 Å². The van der Waals surface area contributed by atoms with E-state index in [9.17, 15) is 9.59 Å². The van der Waals surface area contributed by atoms with Crippen molar-refractivity contribution in [2.24, 2.45) is 5.92 Å². The molecule has 2 fully saturated rings. The zero-order valence-corrected chi connectivity index (χ0v) is 17.8. The van der Waals surface area contributed by atoms with Crippen LogP contribution in [0.1, 0.15) is 55.4 Å². The molecule has 0 spiro atoms. The molecule has 154 valence electrons. The van der Waals surface area contributed by atoms with E-state index in [1.807, 2.05) is 39.4 Å². The molecule has 1 heterocycles. The first-order chi connectivity index (χ1) is 14.2. The maximum absolute atomic E-state index is 13.3. The first-order valence-corrected chi connectivity index (χ1v) is 11.7. The predicted octanol–water partition coefficient (Wildman–Crippen LogP) is 4.85. The highest BCUT2D eigenvalue weighted by molar-refractivity contribution is 7.09. The van der Waals surface area contributed by atoms with E-state index in [0.29, 0.717) is 13.1 Å². The molecule has 1 aromatic heterocycles. The summed E-state index contributed by atoms with van der Waals surface area (Å²) in [6, 6.07) is 14.5. The van der Waals surface area contributed by atoms with Crippen LogP contribution >= 0.6 is 11.3 Å². The molecule has 2 aliphatic carbocycles. The molecule has 4 nitrogen and oxygen atoms in total. The SMILES string of the molecule is O=C(CN(C(=O)C1CCCCC1)C1CC1)N(Cc1ccccc1)Cc1cccs1. The molecule has 2 amide bonds. The van der Waals surface area contributed by atoms with Crippen molar-refractivity contribution in [3.05, 3.63) is 58.3 Å². The molecule has 1 aromatic carbocycles. The minimum atomic E-state index is 0.0540. The predicted molar refractivity (Wildman–Crippen MR) is 116 cm³/mol. The number of hydrogen-bond acceptors (Lipinski definition) is 3. The fraction of sp³-hybridized carbons (Fsp3) is 0.500. The number of rotatable bonds is 8. The molecule has 0 atom stereocenters. The van der Waals surface area contributed by atoms with Gasteiger partial charge in [-0.05, 0) is 42.7 Å². The summed E-state index contributed by atoms with van der Waals surface area (Å²) in [5.74, 6) is 0.395. The van der Waals surface area contributed by atoms with E-state index < -0.39 is 0 Å². The van der Waals surface area contributed by atoms with Crippen molar-refractivity contribution in [1.29, 1.82) is 0 Å². The van der Waals surface area contributed by atoms with Crippen LogP contribution in [0.5, 0.6) is 0 Å². The first-order valence-electron chi connectivity index (χ1n) is 10.9. The maximum Gasteiger partial charge on any atom is 0.242 e. The molecule has 5 heteroatoms. The van der Waals surface area contributed by atoms with Gasteiger partial charge < -0.3 is 9.80 Å².